The number of rotatable bonds is 9. The van der Waals surface area contributed by atoms with Crippen molar-refractivity contribution in [3.05, 3.63) is 108 Å². The Morgan fingerprint density at radius 3 is 1.05 bits per heavy atom. The van der Waals surface area contributed by atoms with Crippen LogP contribution in [0.1, 0.15) is 62.6 Å². The molecule has 0 amide bonds. The molecule has 0 aliphatic heterocycles. The average Bonchev–Trinajstić information content (AvgIpc) is 3.59. The minimum Gasteiger partial charge on any atom is -0.347 e. The van der Waals surface area contributed by atoms with Crippen LogP contribution in [0.2, 0.25) is 0 Å². The molecule has 0 bridgehead atoms. The fraction of sp³-hybridized carbons (Fsp3) is 0.294. The second kappa shape index (κ2) is 9.97. The van der Waals surface area contributed by atoms with Gasteiger partial charge in [-0.1, -0.05) is 75.4 Å². The molecule has 0 aliphatic rings. The maximum Gasteiger partial charge on any atom is 0.0483 e. The Labute approximate surface area is 219 Å². The highest BCUT2D eigenvalue weighted by Crippen LogP contribution is 2.43. The van der Waals surface area contributed by atoms with Gasteiger partial charge in [-0.3, -0.25) is 0 Å². The summed E-state index contributed by atoms with van der Waals surface area (Å²) in [6.45, 7) is 9.89. The standard InChI is InChI=1S/C34H37N3/c1-4-19-35-22-28(25-13-7-10-16-31(25)35)34(29-23-36(20-5-2)32-17-11-8-14-26(29)32)30-24-37(21-6-3)33-18-12-9-15-27(30)33/h7-18,22-24,34H,4-6,19-21H2,1-3H3. The average molecular weight is 488 g/mol. The zero-order valence-electron chi connectivity index (χ0n) is 22.3. The van der Waals surface area contributed by atoms with E-state index in [1.165, 1.54) is 49.4 Å². The molecule has 3 aromatic heterocycles. The first-order valence-electron chi connectivity index (χ1n) is 14.0. The molecule has 0 unspecified atom stereocenters. The summed E-state index contributed by atoms with van der Waals surface area (Å²) < 4.78 is 7.40. The van der Waals surface area contributed by atoms with E-state index in [1.54, 1.807) is 0 Å². The molecule has 0 spiro atoms. The summed E-state index contributed by atoms with van der Waals surface area (Å²) in [6.07, 6.45) is 10.7. The molecule has 0 atom stereocenters. The van der Waals surface area contributed by atoms with E-state index in [0.717, 1.165) is 38.9 Å². The molecule has 6 rings (SSSR count). The molecule has 37 heavy (non-hydrogen) atoms. The minimum atomic E-state index is 0.147. The highest BCUT2D eigenvalue weighted by molar-refractivity contribution is 5.93. The van der Waals surface area contributed by atoms with E-state index in [1.807, 2.05) is 0 Å². The highest BCUT2D eigenvalue weighted by Gasteiger charge is 2.28. The van der Waals surface area contributed by atoms with Crippen LogP contribution in [0, 0.1) is 0 Å². The van der Waals surface area contributed by atoms with E-state index in [4.69, 9.17) is 0 Å². The topological polar surface area (TPSA) is 14.8 Å². The number of fused-ring (bicyclic) bond motifs is 3. The van der Waals surface area contributed by atoms with Gasteiger partial charge in [-0.25, -0.2) is 0 Å². The van der Waals surface area contributed by atoms with E-state index in [0.29, 0.717) is 0 Å². The predicted molar refractivity (Wildman–Crippen MR) is 158 cm³/mol. The Morgan fingerprint density at radius 1 is 0.459 bits per heavy atom. The molecule has 3 aromatic carbocycles. The molecule has 3 heterocycles. The Balaban J connectivity index is 1.70. The lowest BCUT2D eigenvalue weighted by molar-refractivity contribution is 0.693. The summed E-state index contributed by atoms with van der Waals surface area (Å²) in [7, 11) is 0. The molecule has 3 nitrogen and oxygen atoms in total. The monoisotopic (exact) mass is 487 g/mol. The molecule has 0 saturated heterocycles. The Bertz CT molecular complexity index is 1480. The molecular weight excluding hydrogens is 450 g/mol. The zero-order valence-corrected chi connectivity index (χ0v) is 22.3. The van der Waals surface area contributed by atoms with Crippen LogP contribution < -0.4 is 0 Å². The SMILES string of the molecule is CCCn1cc(C(c2cn(CCC)c3ccccc23)c2cn(CCC)c3ccccc23)c2ccccc21. The van der Waals surface area contributed by atoms with E-state index in [-0.39, 0.29) is 5.92 Å². The molecule has 0 radical (unpaired) electrons. The first-order chi connectivity index (χ1) is 18.2. The molecule has 0 N–H and O–H groups in total. The van der Waals surface area contributed by atoms with Crippen LogP contribution in [0.4, 0.5) is 0 Å². The lowest BCUT2D eigenvalue weighted by Gasteiger charge is -2.17. The van der Waals surface area contributed by atoms with Crippen LogP contribution in [-0.4, -0.2) is 13.7 Å². The van der Waals surface area contributed by atoms with Crippen LogP contribution in [-0.2, 0) is 19.6 Å². The van der Waals surface area contributed by atoms with Crippen LogP contribution >= 0.6 is 0 Å². The number of hydrogen-bond donors (Lipinski definition) is 0. The second-order valence-electron chi connectivity index (χ2n) is 10.3. The van der Waals surface area contributed by atoms with E-state index < -0.39 is 0 Å². The summed E-state index contributed by atoms with van der Waals surface area (Å²) in [5, 5.41) is 4.08. The quantitative estimate of drug-likeness (QED) is 0.193. The van der Waals surface area contributed by atoms with Crippen molar-refractivity contribution in [1.29, 1.82) is 0 Å². The molecule has 188 valence electrons. The number of aryl methyl sites for hydroxylation is 3. The number of aromatic nitrogens is 3. The molecule has 0 fully saturated rings. The molecule has 3 heteroatoms. The van der Waals surface area contributed by atoms with Gasteiger partial charge in [0.15, 0.2) is 0 Å². The highest BCUT2D eigenvalue weighted by atomic mass is 15.0. The number of para-hydroxylation sites is 3. The maximum atomic E-state index is 2.47. The number of benzene rings is 3. The van der Waals surface area contributed by atoms with Crippen molar-refractivity contribution in [1.82, 2.24) is 13.7 Å². The van der Waals surface area contributed by atoms with Gasteiger partial charge >= 0.3 is 0 Å². The van der Waals surface area contributed by atoms with Gasteiger partial charge < -0.3 is 13.7 Å². The minimum absolute atomic E-state index is 0.147. The number of hydrogen-bond acceptors (Lipinski definition) is 0. The first kappa shape index (κ1) is 23.7. The molecular formula is C34H37N3. The van der Waals surface area contributed by atoms with Crippen molar-refractivity contribution in [2.24, 2.45) is 0 Å². The fourth-order valence-electron chi connectivity index (χ4n) is 6.30. The maximum absolute atomic E-state index is 2.47. The van der Waals surface area contributed by atoms with Gasteiger partial charge in [0.2, 0.25) is 0 Å². The van der Waals surface area contributed by atoms with Gasteiger partial charge in [-0.05, 0) is 54.2 Å². The van der Waals surface area contributed by atoms with Crippen molar-refractivity contribution in [3.8, 4) is 0 Å². The predicted octanol–water partition coefficient (Wildman–Crippen LogP) is 8.96. The molecule has 6 aromatic rings. The number of nitrogens with zero attached hydrogens (tertiary/aromatic N) is 3. The van der Waals surface area contributed by atoms with Gasteiger partial charge in [0.05, 0.1) is 0 Å². The third-order valence-corrected chi connectivity index (χ3v) is 7.78. The van der Waals surface area contributed by atoms with Crippen LogP contribution in [0.5, 0.6) is 0 Å². The second-order valence-corrected chi connectivity index (χ2v) is 10.3. The zero-order chi connectivity index (χ0) is 25.4. The van der Waals surface area contributed by atoms with Gasteiger partial charge in [0.25, 0.3) is 0 Å². The van der Waals surface area contributed by atoms with E-state index in [2.05, 4.69) is 126 Å². The van der Waals surface area contributed by atoms with Gasteiger partial charge in [0, 0.05) is 76.9 Å². The lowest BCUT2D eigenvalue weighted by Crippen LogP contribution is -2.03. The third-order valence-electron chi connectivity index (χ3n) is 7.78. The van der Waals surface area contributed by atoms with E-state index >= 15 is 0 Å². The summed E-state index contributed by atoms with van der Waals surface area (Å²) in [5.41, 5.74) is 8.21. The molecule has 0 aliphatic carbocycles. The summed E-state index contributed by atoms with van der Waals surface area (Å²) in [5.74, 6) is 0.147. The molecule has 0 saturated carbocycles. The Hall–Kier alpha value is -3.72. The van der Waals surface area contributed by atoms with Gasteiger partial charge in [-0.2, -0.15) is 0 Å². The van der Waals surface area contributed by atoms with Gasteiger partial charge in [-0.15, -0.1) is 0 Å². The van der Waals surface area contributed by atoms with Crippen molar-refractivity contribution < 1.29 is 0 Å². The van der Waals surface area contributed by atoms with Gasteiger partial charge in [0.1, 0.15) is 0 Å². The summed E-state index contributed by atoms with van der Waals surface area (Å²) in [6, 6.07) is 26.9. The lowest BCUT2D eigenvalue weighted by atomic mass is 9.84. The summed E-state index contributed by atoms with van der Waals surface area (Å²) >= 11 is 0. The van der Waals surface area contributed by atoms with Crippen molar-refractivity contribution in [2.45, 2.75) is 65.6 Å². The van der Waals surface area contributed by atoms with Crippen molar-refractivity contribution in [3.63, 3.8) is 0 Å². The van der Waals surface area contributed by atoms with Crippen LogP contribution in [0.25, 0.3) is 32.7 Å². The van der Waals surface area contributed by atoms with Crippen molar-refractivity contribution in [2.75, 3.05) is 0 Å². The largest absolute Gasteiger partial charge is 0.347 e. The normalized spacial score (nSPS) is 12.0. The summed E-state index contributed by atoms with van der Waals surface area (Å²) in [4.78, 5) is 0. The fourth-order valence-corrected chi connectivity index (χ4v) is 6.30. The van der Waals surface area contributed by atoms with Crippen LogP contribution in [0.15, 0.2) is 91.4 Å². The van der Waals surface area contributed by atoms with Crippen molar-refractivity contribution >= 4 is 32.7 Å². The van der Waals surface area contributed by atoms with E-state index in [9.17, 15) is 0 Å². The first-order valence-corrected chi connectivity index (χ1v) is 14.0. The van der Waals surface area contributed by atoms with Crippen LogP contribution in [0.3, 0.4) is 0 Å². The Kier molecular flexibility index (Phi) is 6.38. The Morgan fingerprint density at radius 2 is 0.757 bits per heavy atom. The third kappa shape index (κ3) is 3.98. The smallest absolute Gasteiger partial charge is 0.0483 e.